The number of alkyl halides is 3. The average molecular weight is 401 g/mol. The van der Waals surface area contributed by atoms with Crippen LogP contribution in [0.5, 0.6) is 0 Å². The third-order valence-electron chi connectivity index (χ3n) is 5.49. The summed E-state index contributed by atoms with van der Waals surface area (Å²) in [5.74, 6) is -3.11. The quantitative estimate of drug-likeness (QED) is 0.654. The van der Waals surface area contributed by atoms with Crippen LogP contribution in [0.2, 0.25) is 0 Å². The van der Waals surface area contributed by atoms with Crippen molar-refractivity contribution in [2.75, 3.05) is 10.6 Å². The molecule has 1 heterocycles. The standard InChI is InChI=1S/C18H23F4N5O/c1-17(20)5-9(6-17)23-15-25-14(11-3-2-4-12(28)13(11)19)26-16(27-15)24-10-7-18(21,22)8-10/h9-10,12,28H,2-8H2,1H3,(H2,23,24,25,26,27). The maximum atomic E-state index is 14.4. The van der Waals surface area contributed by atoms with Gasteiger partial charge in [-0.05, 0) is 26.2 Å². The molecule has 0 spiro atoms. The monoisotopic (exact) mass is 401 g/mol. The lowest BCUT2D eigenvalue weighted by molar-refractivity contribution is -0.0794. The molecular weight excluding hydrogens is 378 g/mol. The molecule has 0 bridgehead atoms. The number of aromatic nitrogens is 3. The molecule has 1 unspecified atom stereocenters. The van der Waals surface area contributed by atoms with E-state index in [2.05, 4.69) is 25.6 Å². The largest absolute Gasteiger partial charge is 0.386 e. The van der Waals surface area contributed by atoms with Crippen LogP contribution in [-0.4, -0.2) is 49.8 Å². The van der Waals surface area contributed by atoms with Crippen LogP contribution in [0.1, 0.15) is 57.7 Å². The third kappa shape index (κ3) is 4.06. The van der Waals surface area contributed by atoms with Gasteiger partial charge in [0.1, 0.15) is 17.6 Å². The van der Waals surface area contributed by atoms with Gasteiger partial charge in [-0.2, -0.15) is 15.0 Å². The number of halogens is 4. The minimum Gasteiger partial charge on any atom is -0.386 e. The fourth-order valence-corrected chi connectivity index (χ4v) is 3.98. The molecule has 4 rings (SSSR count). The molecule has 1 atom stereocenters. The van der Waals surface area contributed by atoms with Crippen LogP contribution in [0, 0.1) is 0 Å². The van der Waals surface area contributed by atoms with E-state index < -0.39 is 29.6 Å². The van der Waals surface area contributed by atoms with Crippen LogP contribution >= 0.6 is 0 Å². The molecule has 28 heavy (non-hydrogen) atoms. The summed E-state index contributed by atoms with van der Waals surface area (Å²) in [7, 11) is 0. The molecule has 3 aliphatic carbocycles. The van der Waals surface area contributed by atoms with Gasteiger partial charge in [-0.15, -0.1) is 0 Å². The number of nitrogens with zero attached hydrogens (tertiary/aromatic N) is 3. The number of allylic oxidation sites excluding steroid dienone is 1. The van der Waals surface area contributed by atoms with Gasteiger partial charge in [-0.1, -0.05) is 0 Å². The SMILES string of the molecule is CC1(F)CC(Nc2nc(NC3CC(F)(F)C3)nc(C3=C(F)C(O)CCC3)n2)C1. The molecule has 3 aliphatic rings. The predicted octanol–water partition coefficient (Wildman–Crippen LogP) is 3.61. The van der Waals surface area contributed by atoms with Gasteiger partial charge in [0.05, 0.1) is 0 Å². The molecular formula is C18H23F4N5O. The Morgan fingerprint density at radius 3 is 2.07 bits per heavy atom. The number of aliphatic hydroxyl groups excluding tert-OH is 1. The van der Waals surface area contributed by atoms with Crippen molar-refractivity contribution >= 4 is 17.5 Å². The molecule has 0 radical (unpaired) electrons. The molecule has 1 aromatic rings. The van der Waals surface area contributed by atoms with E-state index >= 15 is 0 Å². The number of hydrogen-bond acceptors (Lipinski definition) is 6. The van der Waals surface area contributed by atoms with E-state index in [1.807, 2.05) is 0 Å². The van der Waals surface area contributed by atoms with E-state index in [9.17, 15) is 22.7 Å². The van der Waals surface area contributed by atoms with Crippen LogP contribution < -0.4 is 10.6 Å². The van der Waals surface area contributed by atoms with Crippen LogP contribution in [0.4, 0.5) is 29.5 Å². The van der Waals surface area contributed by atoms with Crippen LogP contribution in [0.3, 0.4) is 0 Å². The highest BCUT2D eigenvalue weighted by molar-refractivity contribution is 5.65. The van der Waals surface area contributed by atoms with Gasteiger partial charge in [0, 0.05) is 43.3 Å². The smallest absolute Gasteiger partial charge is 0.252 e. The summed E-state index contributed by atoms with van der Waals surface area (Å²) in [6.45, 7) is 1.51. The normalized spacial score (nSPS) is 32.5. The van der Waals surface area contributed by atoms with E-state index in [1.54, 1.807) is 0 Å². The van der Waals surface area contributed by atoms with Crippen LogP contribution in [0.15, 0.2) is 5.83 Å². The summed E-state index contributed by atoms with van der Waals surface area (Å²) >= 11 is 0. The van der Waals surface area contributed by atoms with Crippen molar-refractivity contribution in [2.24, 2.45) is 0 Å². The zero-order valence-corrected chi connectivity index (χ0v) is 15.5. The van der Waals surface area contributed by atoms with Gasteiger partial charge in [0.2, 0.25) is 11.9 Å². The lowest BCUT2D eigenvalue weighted by Gasteiger charge is -2.39. The zero-order valence-electron chi connectivity index (χ0n) is 15.5. The second-order valence-electron chi connectivity index (χ2n) is 8.31. The van der Waals surface area contributed by atoms with Gasteiger partial charge in [0.15, 0.2) is 5.82 Å². The van der Waals surface area contributed by atoms with Crippen LogP contribution in [0.25, 0.3) is 5.57 Å². The Labute approximate surface area is 159 Å². The van der Waals surface area contributed by atoms with Crippen molar-refractivity contribution in [3.63, 3.8) is 0 Å². The Balaban J connectivity index is 1.58. The Kier molecular flexibility index (Phi) is 4.71. The Bertz CT molecular complexity index is 740. The molecule has 0 aromatic carbocycles. The Morgan fingerprint density at radius 2 is 1.54 bits per heavy atom. The molecule has 6 nitrogen and oxygen atoms in total. The minimum absolute atomic E-state index is 0.0599. The Morgan fingerprint density at radius 1 is 0.964 bits per heavy atom. The van der Waals surface area contributed by atoms with Crippen molar-refractivity contribution in [3.8, 4) is 0 Å². The lowest BCUT2D eigenvalue weighted by atomic mass is 9.79. The van der Waals surface area contributed by atoms with E-state index in [-0.39, 0.29) is 42.2 Å². The zero-order chi connectivity index (χ0) is 20.1. The van der Waals surface area contributed by atoms with Crippen molar-refractivity contribution < 1.29 is 22.7 Å². The first-order valence-electron chi connectivity index (χ1n) is 9.53. The van der Waals surface area contributed by atoms with Crippen molar-refractivity contribution in [1.82, 2.24) is 15.0 Å². The van der Waals surface area contributed by atoms with E-state index in [4.69, 9.17) is 0 Å². The van der Waals surface area contributed by atoms with Gasteiger partial charge >= 0.3 is 0 Å². The average Bonchev–Trinajstić information content (AvgIpc) is 2.54. The molecule has 3 N–H and O–H groups in total. The minimum atomic E-state index is -2.70. The first-order chi connectivity index (χ1) is 13.1. The number of nitrogens with one attached hydrogen (secondary N) is 2. The number of hydrogen-bond donors (Lipinski definition) is 3. The lowest BCUT2D eigenvalue weighted by Crippen LogP contribution is -2.46. The fraction of sp³-hybridized carbons (Fsp3) is 0.722. The summed E-state index contributed by atoms with van der Waals surface area (Å²) < 4.78 is 54.4. The highest BCUT2D eigenvalue weighted by Gasteiger charge is 2.46. The second kappa shape index (κ2) is 6.82. The highest BCUT2D eigenvalue weighted by atomic mass is 19.3. The molecule has 0 saturated heterocycles. The Hall–Kier alpha value is -1.97. The highest BCUT2D eigenvalue weighted by Crippen LogP contribution is 2.40. The summed E-state index contributed by atoms with van der Waals surface area (Å²) in [5, 5.41) is 15.6. The second-order valence-corrected chi connectivity index (χ2v) is 8.31. The summed E-state index contributed by atoms with van der Waals surface area (Å²) in [6, 6.07) is -0.645. The molecule has 154 valence electrons. The summed E-state index contributed by atoms with van der Waals surface area (Å²) in [6.07, 6.45) is 0.00821. The maximum Gasteiger partial charge on any atom is 0.252 e. The fourth-order valence-electron chi connectivity index (χ4n) is 3.98. The number of anilines is 2. The van der Waals surface area contributed by atoms with E-state index in [0.29, 0.717) is 32.1 Å². The first kappa shape index (κ1) is 19.4. The topological polar surface area (TPSA) is 83.0 Å². The van der Waals surface area contributed by atoms with Crippen molar-refractivity contribution in [2.45, 2.75) is 81.6 Å². The molecule has 0 amide bonds. The van der Waals surface area contributed by atoms with E-state index in [0.717, 1.165) is 0 Å². The molecule has 2 fully saturated rings. The van der Waals surface area contributed by atoms with Crippen LogP contribution in [-0.2, 0) is 0 Å². The summed E-state index contributed by atoms with van der Waals surface area (Å²) in [4.78, 5) is 12.6. The van der Waals surface area contributed by atoms with E-state index in [1.165, 1.54) is 6.92 Å². The molecule has 0 aliphatic heterocycles. The first-order valence-corrected chi connectivity index (χ1v) is 9.53. The number of aliphatic hydroxyl groups is 1. The molecule has 10 heteroatoms. The predicted molar refractivity (Wildman–Crippen MR) is 95.5 cm³/mol. The molecule has 2 saturated carbocycles. The van der Waals surface area contributed by atoms with Gasteiger partial charge in [-0.25, -0.2) is 17.6 Å². The van der Waals surface area contributed by atoms with Gasteiger partial charge in [0.25, 0.3) is 5.92 Å². The maximum absolute atomic E-state index is 14.4. The van der Waals surface area contributed by atoms with Crippen molar-refractivity contribution in [3.05, 3.63) is 11.7 Å². The van der Waals surface area contributed by atoms with Gasteiger partial charge in [-0.3, -0.25) is 0 Å². The summed E-state index contributed by atoms with van der Waals surface area (Å²) in [5.41, 5.74) is -1.05. The van der Waals surface area contributed by atoms with Crippen molar-refractivity contribution in [1.29, 1.82) is 0 Å². The third-order valence-corrected chi connectivity index (χ3v) is 5.49. The van der Waals surface area contributed by atoms with Gasteiger partial charge < -0.3 is 15.7 Å². The number of rotatable bonds is 5. The molecule has 1 aromatic heterocycles.